The smallest absolute Gasteiger partial charge is 0.266 e. The molecule has 0 aliphatic carbocycles. The lowest BCUT2D eigenvalue weighted by molar-refractivity contribution is -0.118. The summed E-state index contributed by atoms with van der Waals surface area (Å²) in [6, 6.07) is 3.19. The molecule has 0 atom stereocenters. The predicted molar refractivity (Wildman–Crippen MR) is 57.8 cm³/mol. The van der Waals surface area contributed by atoms with E-state index in [1.807, 2.05) is 13.8 Å². The molecule has 15 heavy (non-hydrogen) atoms. The lowest BCUT2D eigenvalue weighted by atomic mass is 10.2. The van der Waals surface area contributed by atoms with Crippen molar-refractivity contribution in [3.8, 4) is 0 Å². The van der Waals surface area contributed by atoms with E-state index in [1.54, 1.807) is 6.07 Å². The van der Waals surface area contributed by atoms with E-state index in [9.17, 15) is 9.59 Å². The molecular formula is C11H16N2O2. The van der Waals surface area contributed by atoms with Crippen molar-refractivity contribution < 1.29 is 4.79 Å². The van der Waals surface area contributed by atoms with E-state index in [1.165, 1.54) is 10.7 Å². The molecule has 0 saturated carbocycles. The highest BCUT2D eigenvalue weighted by molar-refractivity contribution is 5.77. The van der Waals surface area contributed by atoms with Gasteiger partial charge in [0, 0.05) is 25.5 Å². The van der Waals surface area contributed by atoms with Gasteiger partial charge in [0.1, 0.15) is 5.78 Å². The largest absolute Gasteiger partial charge is 0.300 e. The number of nitrogens with zero attached hydrogens (tertiary/aromatic N) is 2. The van der Waals surface area contributed by atoms with E-state index in [-0.39, 0.29) is 11.3 Å². The summed E-state index contributed by atoms with van der Waals surface area (Å²) in [5, 5.41) is 4.09. The third-order valence-electron chi connectivity index (χ3n) is 2.22. The minimum atomic E-state index is -0.107. The fourth-order valence-electron chi connectivity index (χ4n) is 1.31. The molecule has 0 radical (unpaired) electrons. The van der Waals surface area contributed by atoms with Crippen molar-refractivity contribution in [2.24, 2.45) is 0 Å². The Morgan fingerprint density at radius 3 is 2.87 bits per heavy atom. The van der Waals surface area contributed by atoms with Crippen LogP contribution in [0, 0.1) is 6.92 Å². The van der Waals surface area contributed by atoms with Crippen molar-refractivity contribution in [3.05, 3.63) is 28.2 Å². The molecule has 0 aliphatic heterocycles. The molecule has 82 valence electrons. The summed E-state index contributed by atoms with van der Waals surface area (Å²) < 4.78 is 1.41. The average molecular weight is 208 g/mol. The van der Waals surface area contributed by atoms with Gasteiger partial charge in [-0.1, -0.05) is 6.92 Å². The van der Waals surface area contributed by atoms with E-state index in [4.69, 9.17) is 0 Å². The number of aromatic nitrogens is 2. The first-order chi connectivity index (χ1) is 7.13. The van der Waals surface area contributed by atoms with E-state index in [2.05, 4.69) is 5.10 Å². The monoisotopic (exact) mass is 208 g/mol. The molecule has 0 aliphatic rings. The maximum Gasteiger partial charge on any atom is 0.266 e. The van der Waals surface area contributed by atoms with Gasteiger partial charge >= 0.3 is 0 Å². The van der Waals surface area contributed by atoms with Crippen LogP contribution in [0.15, 0.2) is 16.9 Å². The van der Waals surface area contributed by atoms with Gasteiger partial charge in [0.15, 0.2) is 0 Å². The molecule has 0 saturated heterocycles. The highest BCUT2D eigenvalue weighted by Gasteiger charge is 2.01. The van der Waals surface area contributed by atoms with Crippen LogP contribution in [-0.2, 0) is 11.3 Å². The van der Waals surface area contributed by atoms with Crippen LogP contribution < -0.4 is 5.56 Å². The molecule has 0 unspecified atom stereocenters. The predicted octanol–water partition coefficient (Wildman–Crippen LogP) is 1.31. The van der Waals surface area contributed by atoms with Crippen molar-refractivity contribution in [2.45, 2.75) is 39.7 Å². The molecule has 4 heteroatoms. The maximum atomic E-state index is 11.3. The van der Waals surface area contributed by atoms with Gasteiger partial charge in [0.05, 0.1) is 5.69 Å². The molecule has 1 heterocycles. The number of aryl methyl sites for hydroxylation is 2. The van der Waals surface area contributed by atoms with Crippen LogP contribution in [0.1, 0.15) is 31.9 Å². The summed E-state index contributed by atoms with van der Waals surface area (Å²) >= 11 is 0. The van der Waals surface area contributed by atoms with Gasteiger partial charge in [-0.3, -0.25) is 9.59 Å². The molecule has 0 fully saturated rings. The fourth-order valence-corrected chi connectivity index (χ4v) is 1.31. The Morgan fingerprint density at radius 2 is 2.20 bits per heavy atom. The van der Waals surface area contributed by atoms with E-state index < -0.39 is 0 Å². The summed E-state index contributed by atoms with van der Waals surface area (Å²) in [6.45, 7) is 4.21. The topological polar surface area (TPSA) is 52.0 Å². The minimum absolute atomic E-state index is 0.107. The Hall–Kier alpha value is -1.45. The first-order valence-corrected chi connectivity index (χ1v) is 5.20. The second-order valence-corrected chi connectivity index (χ2v) is 3.53. The molecule has 0 spiro atoms. The zero-order valence-corrected chi connectivity index (χ0v) is 9.19. The van der Waals surface area contributed by atoms with Gasteiger partial charge in [-0.2, -0.15) is 5.10 Å². The van der Waals surface area contributed by atoms with E-state index >= 15 is 0 Å². The molecule has 0 bridgehead atoms. The Kier molecular flexibility index (Phi) is 4.21. The molecular weight excluding hydrogens is 192 g/mol. The molecule has 1 aromatic rings. The summed E-state index contributed by atoms with van der Waals surface area (Å²) in [7, 11) is 0. The summed E-state index contributed by atoms with van der Waals surface area (Å²) in [5.41, 5.74) is 0.709. The zero-order chi connectivity index (χ0) is 11.3. The maximum absolute atomic E-state index is 11.3. The van der Waals surface area contributed by atoms with Crippen LogP contribution in [0.3, 0.4) is 0 Å². The number of hydrogen-bond acceptors (Lipinski definition) is 3. The SMILES string of the molecule is CCC(=O)CCCn1nc(C)ccc1=O. The quantitative estimate of drug-likeness (QED) is 0.733. The normalized spacial score (nSPS) is 10.3. The standard InChI is InChI=1S/C11H16N2O2/c1-3-10(14)5-4-8-13-11(15)7-6-9(2)12-13/h6-7H,3-5,8H2,1-2H3. The van der Waals surface area contributed by atoms with Crippen molar-refractivity contribution in [3.63, 3.8) is 0 Å². The van der Waals surface area contributed by atoms with Crippen molar-refractivity contribution in [1.82, 2.24) is 9.78 Å². The van der Waals surface area contributed by atoms with Gasteiger partial charge in [0.25, 0.3) is 5.56 Å². The van der Waals surface area contributed by atoms with E-state index in [0.29, 0.717) is 25.8 Å². The Labute approximate surface area is 88.9 Å². The van der Waals surface area contributed by atoms with Gasteiger partial charge in [-0.05, 0) is 19.4 Å². The second-order valence-electron chi connectivity index (χ2n) is 3.53. The Morgan fingerprint density at radius 1 is 1.47 bits per heavy atom. The first-order valence-electron chi connectivity index (χ1n) is 5.20. The lowest BCUT2D eigenvalue weighted by Crippen LogP contribution is -2.22. The summed E-state index contributed by atoms with van der Waals surface area (Å²) in [5.74, 6) is 0.232. The summed E-state index contributed by atoms with van der Waals surface area (Å²) in [6.07, 6.45) is 1.78. The van der Waals surface area contributed by atoms with Gasteiger partial charge in [-0.25, -0.2) is 4.68 Å². The lowest BCUT2D eigenvalue weighted by Gasteiger charge is -2.03. The van der Waals surface area contributed by atoms with Crippen LogP contribution in [-0.4, -0.2) is 15.6 Å². The highest BCUT2D eigenvalue weighted by Crippen LogP contribution is 1.96. The fraction of sp³-hybridized carbons (Fsp3) is 0.545. The number of carbonyl (C=O) groups is 1. The van der Waals surface area contributed by atoms with Crippen molar-refractivity contribution in [1.29, 1.82) is 0 Å². The Balaban J connectivity index is 2.54. The Bertz CT molecular complexity index is 396. The van der Waals surface area contributed by atoms with Gasteiger partial charge in [-0.15, -0.1) is 0 Å². The minimum Gasteiger partial charge on any atom is -0.300 e. The molecule has 0 aromatic carbocycles. The summed E-state index contributed by atoms with van der Waals surface area (Å²) in [4.78, 5) is 22.4. The van der Waals surface area contributed by atoms with Crippen LogP contribution in [0.5, 0.6) is 0 Å². The van der Waals surface area contributed by atoms with Crippen molar-refractivity contribution >= 4 is 5.78 Å². The van der Waals surface area contributed by atoms with Crippen LogP contribution >= 0.6 is 0 Å². The molecule has 4 nitrogen and oxygen atoms in total. The number of Topliss-reactive ketones (excluding diaryl/α,β-unsaturated/α-hetero) is 1. The molecule has 1 rings (SSSR count). The third kappa shape index (κ3) is 3.65. The highest BCUT2D eigenvalue weighted by atomic mass is 16.1. The molecule has 0 N–H and O–H groups in total. The van der Waals surface area contributed by atoms with E-state index in [0.717, 1.165) is 5.69 Å². The van der Waals surface area contributed by atoms with Crippen LogP contribution in [0.4, 0.5) is 0 Å². The molecule has 0 amide bonds. The molecule has 1 aromatic heterocycles. The van der Waals surface area contributed by atoms with Crippen LogP contribution in [0.25, 0.3) is 0 Å². The van der Waals surface area contributed by atoms with Crippen LogP contribution in [0.2, 0.25) is 0 Å². The number of hydrogen-bond donors (Lipinski definition) is 0. The second kappa shape index (κ2) is 5.44. The van der Waals surface area contributed by atoms with Crippen molar-refractivity contribution in [2.75, 3.05) is 0 Å². The number of ketones is 1. The number of carbonyl (C=O) groups excluding carboxylic acids is 1. The first kappa shape index (κ1) is 11.6. The van der Waals surface area contributed by atoms with Gasteiger partial charge < -0.3 is 0 Å². The third-order valence-corrected chi connectivity index (χ3v) is 2.22. The zero-order valence-electron chi connectivity index (χ0n) is 9.19. The van der Waals surface area contributed by atoms with Gasteiger partial charge in [0.2, 0.25) is 0 Å². The number of rotatable bonds is 5. The average Bonchev–Trinajstić information content (AvgIpc) is 2.23.